The summed E-state index contributed by atoms with van der Waals surface area (Å²) in [5.74, 6) is 6.53. The van der Waals surface area contributed by atoms with Crippen molar-refractivity contribution in [1.29, 1.82) is 0 Å². The van der Waals surface area contributed by atoms with Crippen molar-refractivity contribution in [2.24, 2.45) is 7.05 Å². The number of aryl methyl sites for hydroxylation is 1. The van der Waals surface area contributed by atoms with E-state index in [-0.39, 0.29) is 12.2 Å². The van der Waals surface area contributed by atoms with E-state index < -0.39 is 11.7 Å². The van der Waals surface area contributed by atoms with E-state index in [2.05, 4.69) is 26.9 Å². The van der Waals surface area contributed by atoms with Gasteiger partial charge >= 0.3 is 6.18 Å². The van der Waals surface area contributed by atoms with Crippen LogP contribution >= 0.6 is 0 Å². The molecule has 40 heavy (non-hydrogen) atoms. The molecule has 202 valence electrons. The number of ether oxygens (including phenoxy) is 2. The van der Waals surface area contributed by atoms with Gasteiger partial charge in [-0.2, -0.15) is 18.3 Å². The van der Waals surface area contributed by atoms with Crippen LogP contribution in [0.3, 0.4) is 0 Å². The molecular formula is C29H23F3N6O2. The Morgan fingerprint density at radius 1 is 0.925 bits per heavy atom. The lowest BCUT2D eigenvalue weighted by atomic mass is 10.1. The number of aromatic nitrogens is 5. The van der Waals surface area contributed by atoms with Gasteiger partial charge in [-0.1, -0.05) is 5.92 Å². The van der Waals surface area contributed by atoms with Crippen molar-refractivity contribution in [2.75, 3.05) is 25.7 Å². The van der Waals surface area contributed by atoms with Gasteiger partial charge in [0.25, 0.3) is 0 Å². The third-order valence-electron chi connectivity index (χ3n) is 6.04. The summed E-state index contributed by atoms with van der Waals surface area (Å²) in [7, 11) is 4.89. The summed E-state index contributed by atoms with van der Waals surface area (Å²) >= 11 is 0. The van der Waals surface area contributed by atoms with Crippen molar-refractivity contribution < 1.29 is 22.6 Å². The van der Waals surface area contributed by atoms with E-state index >= 15 is 0 Å². The zero-order chi connectivity index (χ0) is 28.3. The number of alkyl halides is 3. The molecule has 11 heteroatoms. The predicted octanol–water partition coefficient (Wildman–Crippen LogP) is 5.65. The fourth-order valence-corrected chi connectivity index (χ4v) is 4.08. The van der Waals surface area contributed by atoms with Crippen LogP contribution in [-0.2, 0) is 13.2 Å². The summed E-state index contributed by atoms with van der Waals surface area (Å²) in [5, 5.41) is 4.20. The average Bonchev–Trinajstić information content (AvgIpc) is 3.40. The van der Waals surface area contributed by atoms with Crippen LogP contribution in [0.5, 0.6) is 11.5 Å². The van der Waals surface area contributed by atoms with E-state index in [1.165, 1.54) is 26.5 Å². The Morgan fingerprint density at radius 3 is 2.38 bits per heavy atom. The molecule has 0 radical (unpaired) electrons. The lowest BCUT2D eigenvalue weighted by molar-refractivity contribution is -0.138. The Kier molecular flexibility index (Phi) is 7.25. The monoisotopic (exact) mass is 544 g/mol. The van der Waals surface area contributed by atoms with Crippen molar-refractivity contribution in [1.82, 2.24) is 24.7 Å². The molecule has 3 aromatic heterocycles. The summed E-state index contributed by atoms with van der Waals surface area (Å²) in [6.45, 7) is 0.0332. The van der Waals surface area contributed by atoms with Gasteiger partial charge in [0, 0.05) is 54.6 Å². The van der Waals surface area contributed by atoms with Crippen LogP contribution in [0, 0.1) is 11.8 Å². The van der Waals surface area contributed by atoms with Crippen LogP contribution in [0.4, 0.5) is 24.5 Å². The van der Waals surface area contributed by atoms with E-state index in [4.69, 9.17) is 14.5 Å². The molecule has 0 saturated heterocycles. The van der Waals surface area contributed by atoms with Gasteiger partial charge in [-0.25, -0.2) is 9.97 Å². The second-order valence-electron chi connectivity index (χ2n) is 8.69. The number of hydrogen-bond donors (Lipinski definition) is 0. The first kappa shape index (κ1) is 26.5. The van der Waals surface area contributed by atoms with Crippen molar-refractivity contribution in [3.8, 4) is 34.6 Å². The van der Waals surface area contributed by atoms with Gasteiger partial charge in [0.1, 0.15) is 17.2 Å². The minimum absolute atomic E-state index is 0.0332. The standard InChI is InChI=1S/C29H23F3N6O2/c1-37-18-19(16-35-37)28-17-34-26-9-8-20(14-27(26)36-28)38(21-12-22(39-2)15-23(13-21)40-3)11-5-7-25-24(29(30,31)32)6-4-10-33-25/h4,6,8-10,12-18H,11H2,1-3H3. The Hall–Kier alpha value is -5.11. The molecule has 0 unspecified atom stereocenters. The van der Waals surface area contributed by atoms with Crippen LogP contribution in [-0.4, -0.2) is 45.5 Å². The molecule has 0 fully saturated rings. The number of hydrogen-bond acceptors (Lipinski definition) is 7. The van der Waals surface area contributed by atoms with Crippen LogP contribution in [0.15, 0.2) is 73.3 Å². The van der Waals surface area contributed by atoms with Crippen molar-refractivity contribution in [3.05, 3.63) is 84.6 Å². The number of rotatable bonds is 6. The Balaban J connectivity index is 1.59. The topological polar surface area (TPSA) is 78.2 Å². The highest BCUT2D eigenvalue weighted by atomic mass is 19.4. The lowest BCUT2D eigenvalue weighted by Gasteiger charge is -2.24. The molecule has 5 rings (SSSR count). The maximum absolute atomic E-state index is 13.5. The molecule has 0 atom stereocenters. The number of nitrogens with zero attached hydrogens (tertiary/aromatic N) is 6. The Labute approximate surface area is 228 Å². The molecule has 0 N–H and O–H groups in total. The number of fused-ring (bicyclic) bond motifs is 1. The van der Waals surface area contributed by atoms with Gasteiger partial charge in [-0.05, 0) is 36.3 Å². The first-order valence-electron chi connectivity index (χ1n) is 12.0. The first-order chi connectivity index (χ1) is 19.2. The number of anilines is 2. The SMILES string of the molecule is COc1cc(OC)cc(N(CC#Cc2ncccc2C(F)(F)F)c2ccc3ncc(-c4cnn(C)c4)nc3c2)c1. The van der Waals surface area contributed by atoms with E-state index in [1.54, 1.807) is 35.3 Å². The number of pyridine rings is 1. The van der Waals surface area contributed by atoms with E-state index in [0.29, 0.717) is 39.6 Å². The van der Waals surface area contributed by atoms with Crippen LogP contribution in [0.25, 0.3) is 22.3 Å². The third kappa shape index (κ3) is 5.66. The average molecular weight is 545 g/mol. The maximum atomic E-state index is 13.5. The molecule has 0 spiro atoms. The number of benzene rings is 2. The van der Waals surface area contributed by atoms with Crippen LogP contribution in [0.2, 0.25) is 0 Å². The van der Waals surface area contributed by atoms with Crippen LogP contribution < -0.4 is 14.4 Å². The fraction of sp³-hybridized carbons (Fsp3) is 0.172. The molecule has 3 heterocycles. The van der Waals surface area contributed by atoms with Crippen molar-refractivity contribution in [2.45, 2.75) is 6.18 Å². The second-order valence-corrected chi connectivity index (χ2v) is 8.69. The fourth-order valence-electron chi connectivity index (χ4n) is 4.08. The Bertz CT molecular complexity index is 1720. The molecule has 0 aliphatic rings. The molecule has 0 amide bonds. The minimum atomic E-state index is -4.57. The third-order valence-corrected chi connectivity index (χ3v) is 6.04. The minimum Gasteiger partial charge on any atom is -0.497 e. The lowest BCUT2D eigenvalue weighted by Crippen LogP contribution is -2.18. The molecule has 8 nitrogen and oxygen atoms in total. The summed E-state index contributed by atoms with van der Waals surface area (Å²) < 4.78 is 53.0. The van der Waals surface area contributed by atoms with Gasteiger partial charge in [0.2, 0.25) is 0 Å². The van der Waals surface area contributed by atoms with Crippen molar-refractivity contribution in [3.63, 3.8) is 0 Å². The van der Waals surface area contributed by atoms with Gasteiger partial charge < -0.3 is 14.4 Å². The summed E-state index contributed by atoms with van der Waals surface area (Å²) in [6.07, 6.45) is 1.95. The predicted molar refractivity (Wildman–Crippen MR) is 144 cm³/mol. The molecule has 0 aliphatic heterocycles. The maximum Gasteiger partial charge on any atom is 0.419 e. The van der Waals surface area contributed by atoms with Gasteiger partial charge in [-0.15, -0.1) is 0 Å². The van der Waals surface area contributed by atoms with Gasteiger partial charge in [0.05, 0.1) is 55.4 Å². The van der Waals surface area contributed by atoms with E-state index in [9.17, 15) is 13.2 Å². The highest BCUT2D eigenvalue weighted by Gasteiger charge is 2.33. The smallest absolute Gasteiger partial charge is 0.419 e. The molecular weight excluding hydrogens is 521 g/mol. The second kappa shape index (κ2) is 10.9. The van der Waals surface area contributed by atoms with Gasteiger partial charge in [0.15, 0.2) is 0 Å². The number of halogens is 3. The highest BCUT2D eigenvalue weighted by Crippen LogP contribution is 2.34. The molecule has 2 aromatic carbocycles. The number of methoxy groups -OCH3 is 2. The molecule has 5 aromatic rings. The van der Waals surface area contributed by atoms with Gasteiger partial charge in [-0.3, -0.25) is 9.67 Å². The zero-order valence-corrected chi connectivity index (χ0v) is 21.8. The normalized spacial score (nSPS) is 11.2. The highest BCUT2D eigenvalue weighted by molar-refractivity contribution is 5.83. The molecule has 0 saturated carbocycles. The summed E-state index contributed by atoms with van der Waals surface area (Å²) in [5.41, 5.74) is 2.87. The molecule has 0 aliphatic carbocycles. The summed E-state index contributed by atoms with van der Waals surface area (Å²) in [6, 6.07) is 13.0. The largest absolute Gasteiger partial charge is 0.497 e. The van der Waals surface area contributed by atoms with Crippen LogP contribution in [0.1, 0.15) is 11.3 Å². The van der Waals surface area contributed by atoms with Crippen molar-refractivity contribution >= 4 is 22.4 Å². The van der Waals surface area contributed by atoms with E-state index in [0.717, 1.165) is 11.6 Å². The zero-order valence-electron chi connectivity index (χ0n) is 21.8. The van der Waals surface area contributed by atoms with E-state index in [1.807, 2.05) is 36.3 Å². The quantitative estimate of drug-likeness (QED) is 0.256. The summed E-state index contributed by atoms with van der Waals surface area (Å²) in [4.78, 5) is 15.0. The first-order valence-corrected chi connectivity index (χ1v) is 12.0. The Morgan fingerprint density at radius 2 is 1.70 bits per heavy atom. The molecule has 0 bridgehead atoms.